The van der Waals surface area contributed by atoms with E-state index in [0.717, 1.165) is 0 Å². The number of rotatable bonds is 4. The van der Waals surface area contributed by atoms with Crippen molar-refractivity contribution in [2.75, 3.05) is 6.54 Å². The molecule has 0 aromatic heterocycles. The van der Waals surface area contributed by atoms with Gasteiger partial charge in [-0.05, 0) is 11.5 Å². The quantitative estimate of drug-likeness (QED) is 0.681. The normalized spacial score (nSPS) is 12.5. The Balaban J connectivity index is 3.00. The zero-order chi connectivity index (χ0) is 15.9. The van der Waals surface area contributed by atoms with Crippen LogP contribution in [0.2, 0.25) is 5.02 Å². The van der Waals surface area contributed by atoms with Gasteiger partial charge in [-0.25, -0.2) is 4.99 Å². The molecule has 1 aromatic carbocycles. The van der Waals surface area contributed by atoms with Gasteiger partial charge >= 0.3 is 0 Å². The summed E-state index contributed by atoms with van der Waals surface area (Å²) in [5, 5.41) is 21.8. The highest BCUT2D eigenvalue weighted by Gasteiger charge is 2.12. The summed E-state index contributed by atoms with van der Waals surface area (Å²) in [6, 6.07) is 11.1. The summed E-state index contributed by atoms with van der Waals surface area (Å²) in [7, 11) is 0. The number of halogens is 1. The third-order valence-electron chi connectivity index (χ3n) is 2.49. The summed E-state index contributed by atoms with van der Waals surface area (Å²) >= 11 is 6.01. The molecule has 21 heavy (non-hydrogen) atoms. The van der Waals surface area contributed by atoms with E-state index in [9.17, 15) is 0 Å². The minimum absolute atomic E-state index is 0.00484. The molecule has 108 valence electrons. The first-order valence-corrected chi connectivity index (χ1v) is 6.82. The highest BCUT2D eigenvalue weighted by molar-refractivity contribution is 6.33. The fraction of sp³-hybridized carbons (Fsp3) is 0.312. The Morgan fingerprint density at radius 3 is 2.48 bits per heavy atom. The van der Waals surface area contributed by atoms with E-state index in [1.165, 1.54) is 6.21 Å². The minimum atomic E-state index is -0.00484. The van der Waals surface area contributed by atoms with E-state index in [1.807, 2.05) is 45.0 Å². The van der Waals surface area contributed by atoms with Crippen molar-refractivity contribution < 1.29 is 0 Å². The Labute approximate surface area is 130 Å². The van der Waals surface area contributed by atoms with E-state index in [4.69, 9.17) is 22.1 Å². The molecule has 0 saturated carbocycles. The van der Waals surface area contributed by atoms with Crippen molar-refractivity contribution in [1.29, 1.82) is 10.5 Å². The van der Waals surface area contributed by atoms with Gasteiger partial charge in [-0.3, -0.25) is 0 Å². The smallest absolute Gasteiger partial charge is 0.174 e. The van der Waals surface area contributed by atoms with Gasteiger partial charge in [0.05, 0.1) is 0 Å². The maximum atomic E-state index is 9.16. The lowest BCUT2D eigenvalue weighted by Crippen LogP contribution is -2.26. The van der Waals surface area contributed by atoms with Crippen molar-refractivity contribution in [3.63, 3.8) is 0 Å². The van der Waals surface area contributed by atoms with Crippen LogP contribution in [-0.4, -0.2) is 12.8 Å². The molecule has 1 N–H and O–H groups in total. The summed E-state index contributed by atoms with van der Waals surface area (Å²) in [6.45, 7) is 6.68. The van der Waals surface area contributed by atoms with Crippen molar-refractivity contribution in [3.8, 4) is 12.1 Å². The molecule has 0 bridgehead atoms. The molecule has 4 nitrogen and oxygen atoms in total. The van der Waals surface area contributed by atoms with Gasteiger partial charge in [-0.15, -0.1) is 0 Å². The first-order chi connectivity index (χ1) is 9.87. The number of nitriles is 2. The van der Waals surface area contributed by atoms with Crippen LogP contribution >= 0.6 is 11.6 Å². The number of hydrogen-bond acceptors (Lipinski definition) is 4. The van der Waals surface area contributed by atoms with Crippen molar-refractivity contribution >= 4 is 17.8 Å². The lowest BCUT2D eigenvalue weighted by atomic mass is 9.97. The minimum Gasteiger partial charge on any atom is -0.374 e. The molecule has 0 aliphatic carbocycles. The zero-order valence-electron chi connectivity index (χ0n) is 12.3. The second-order valence-corrected chi connectivity index (χ2v) is 6.05. The first kappa shape index (κ1) is 16.8. The Morgan fingerprint density at radius 2 is 1.95 bits per heavy atom. The molecule has 0 heterocycles. The molecule has 0 saturated heterocycles. The number of benzene rings is 1. The van der Waals surface area contributed by atoms with Gasteiger partial charge in [-0.1, -0.05) is 50.6 Å². The van der Waals surface area contributed by atoms with Gasteiger partial charge in [0.1, 0.15) is 12.1 Å². The molecule has 0 radical (unpaired) electrons. The maximum absolute atomic E-state index is 9.16. The van der Waals surface area contributed by atoms with Crippen LogP contribution in [0.4, 0.5) is 0 Å². The summed E-state index contributed by atoms with van der Waals surface area (Å²) in [5.41, 5.74) is 0.896. The highest BCUT2D eigenvalue weighted by Crippen LogP contribution is 2.14. The molecule has 1 aromatic rings. The molecule has 0 fully saturated rings. The molecular weight excluding hydrogens is 284 g/mol. The van der Waals surface area contributed by atoms with Gasteiger partial charge in [0, 0.05) is 23.3 Å². The number of hydrogen-bond donors (Lipinski definition) is 1. The second kappa shape index (κ2) is 7.47. The Bertz CT molecular complexity index is 639. The Kier molecular flexibility index (Phi) is 5.96. The number of allylic oxidation sites excluding steroid dienone is 2. The van der Waals surface area contributed by atoms with Gasteiger partial charge in [0.15, 0.2) is 11.4 Å². The summed E-state index contributed by atoms with van der Waals surface area (Å²) in [6.07, 6.45) is 1.48. The van der Waals surface area contributed by atoms with E-state index in [-0.39, 0.29) is 16.8 Å². The van der Waals surface area contributed by atoms with Gasteiger partial charge in [-0.2, -0.15) is 10.5 Å². The largest absolute Gasteiger partial charge is 0.374 e. The predicted octanol–water partition coefficient (Wildman–Crippen LogP) is 3.65. The average Bonchev–Trinajstić information content (AvgIpc) is 2.43. The molecule has 0 amide bonds. The third-order valence-corrected chi connectivity index (χ3v) is 2.83. The van der Waals surface area contributed by atoms with Crippen molar-refractivity contribution in [2.45, 2.75) is 20.8 Å². The lowest BCUT2D eigenvalue weighted by molar-refractivity contribution is 0.399. The fourth-order valence-electron chi connectivity index (χ4n) is 1.39. The van der Waals surface area contributed by atoms with E-state index in [0.29, 0.717) is 17.1 Å². The van der Waals surface area contributed by atoms with Gasteiger partial charge < -0.3 is 5.32 Å². The molecule has 5 heteroatoms. The molecular formula is C16H17ClN4. The van der Waals surface area contributed by atoms with E-state index < -0.39 is 0 Å². The molecule has 0 aliphatic heterocycles. The van der Waals surface area contributed by atoms with Crippen molar-refractivity contribution in [2.24, 2.45) is 10.4 Å². The van der Waals surface area contributed by atoms with Crippen LogP contribution in [0.15, 0.2) is 40.7 Å². The zero-order valence-corrected chi connectivity index (χ0v) is 13.1. The second-order valence-electron chi connectivity index (χ2n) is 5.64. The van der Waals surface area contributed by atoms with Gasteiger partial charge in [0.25, 0.3) is 0 Å². The Hall–Kier alpha value is -2.30. The van der Waals surface area contributed by atoms with Crippen LogP contribution in [0, 0.1) is 28.1 Å². The molecule has 0 unspecified atom stereocenters. The summed E-state index contributed by atoms with van der Waals surface area (Å²) in [4.78, 5) is 4.07. The summed E-state index contributed by atoms with van der Waals surface area (Å²) in [5.74, 6) is 0. The number of nitrogens with one attached hydrogen (secondary N) is 1. The van der Waals surface area contributed by atoms with Crippen LogP contribution < -0.4 is 5.32 Å². The standard InChI is InChI=1S/C16H17ClN4/c1-16(2,3)11-21-15(9-19)14(8-18)20-10-12-6-4-5-7-13(12)17/h4-7,10,21H,11H2,1-3H3. The SMILES string of the molecule is CC(C)(C)CNC(C#N)=C(C#N)N=Cc1ccccc1Cl. The average molecular weight is 301 g/mol. The van der Waals surface area contributed by atoms with Gasteiger partial charge in [0.2, 0.25) is 0 Å². The van der Waals surface area contributed by atoms with Crippen molar-refractivity contribution in [3.05, 3.63) is 46.2 Å². The Morgan fingerprint density at radius 1 is 1.29 bits per heavy atom. The van der Waals surface area contributed by atoms with Crippen LogP contribution in [0.1, 0.15) is 26.3 Å². The fourth-order valence-corrected chi connectivity index (χ4v) is 1.58. The van der Waals surface area contributed by atoms with Crippen LogP contribution in [0.25, 0.3) is 0 Å². The van der Waals surface area contributed by atoms with Crippen molar-refractivity contribution in [1.82, 2.24) is 5.32 Å². The topological polar surface area (TPSA) is 72.0 Å². The van der Waals surface area contributed by atoms with Crippen LogP contribution in [0.3, 0.4) is 0 Å². The first-order valence-electron chi connectivity index (χ1n) is 6.44. The molecule has 0 atom stereocenters. The van der Waals surface area contributed by atoms with Crippen LogP contribution in [0.5, 0.6) is 0 Å². The highest BCUT2D eigenvalue weighted by atomic mass is 35.5. The van der Waals surface area contributed by atoms with E-state index >= 15 is 0 Å². The van der Waals surface area contributed by atoms with Crippen LogP contribution in [-0.2, 0) is 0 Å². The lowest BCUT2D eigenvalue weighted by Gasteiger charge is -2.18. The third kappa shape index (κ3) is 5.69. The molecule has 1 rings (SSSR count). The monoisotopic (exact) mass is 300 g/mol. The molecule has 0 aliphatic rings. The molecule has 0 spiro atoms. The maximum Gasteiger partial charge on any atom is 0.174 e. The number of aliphatic imine (C=N–C) groups is 1. The number of nitrogens with zero attached hydrogens (tertiary/aromatic N) is 3. The van der Waals surface area contributed by atoms with E-state index in [2.05, 4.69) is 10.3 Å². The van der Waals surface area contributed by atoms with E-state index in [1.54, 1.807) is 12.1 Å². The predicted molar refractivity (Wildman–Crippen MR) is 84.8 cm³/mol. The summed E-state index contributed by atoms with van der Waals surface area (Å²) < 4.78 is 0.